The summed E-state index contributed by atoms with van der Waals surface area (Å²) in [4.78, 5) is 3.47. The van der Waals surface area contributed by atoms with Crippen LogP contribution in [0.5, 0.6) is 5.75 Å². The fraction of sp³-hybridized carbons (Fsp3) is 0.111. The molecule has 0 radical (unpaired) electrons. The van der Waals surface area contributed by atoms with Crippen LogP contribution in [0.2, 0.25) is 0 Å². The molecule has 14 heavy (non-hydrogen) atoms. The Hall–Kier alpha value is -2.18. The van der Waals surface area contributed by atoms with E-state index in [1.807, 2.05) is 0 Å². The van der Waals surface area contributed by atoms with E-state index in [1.54, 1.807) is 12.1 Å². The summed E-state index contributed by atoms with van der Waals surface area (Å²) >= 11 is 0. The Labute approximate surface area is 79.8 Å². The predicted molar refractivity (Wildman–Crippen MR) is 47.5 cm³/mol. The number of halogens is 1. The number of hydrogen-bond donors (Lipinski definition) is 1. The predicted octanol–water partition coefficient (Wildman–Crippen LogP) is 2.09. The Kier molecular flexibility index (Phi) is 2.95. The van der Waals surface area contributed by atoms with E-state index in [-0.39, 0.29) is 17.0 Å². The van der Waals surface area contributed by atoms with Gasteiger partial charge in [-0.1, -0.05) is 0 Å². The lowest BCUT2D eigenvalue weighted by molar-refractivity contribution is 0.386. The molecule has 1 rings (SSSR count). The molecule has 0 unspecified atom stereocenters. The second kappa shape index (κ2) is 4.17. The molecule has 5 heteroatoms. The molecule has 1 N–H and O–H groups in total. The molecule has 0 saturated heterocycles. The third-order valence-corrected chi connectivity index (χ3v) is 1.57. The molecule has 0 aromatic heterocycles. The molecule has 1 aromatic carbocycles. The smallest absolute Gasteiger partial charge is 0.166 e. The number of nitriles is 1. The summed E-state index contributed by atoms with van der Waals surface area (Å²) in [5.74, 6) is -0.647. The van der Waals surface area contributed by atoms with Gasteiger partial charge in [0, 0.05) is 6.07 Å². The summed E-state index contributed by atoms with van der Waals surface area (Å²) in [5.41, 5.74) is 0.212. The zero-order valence-electron chi connectivity index (χ0n) is 7.34. The minimum absolute atomic E-state index is 0.0157. The van der Waals surface area contributed by atoms with E-state index < -0.39 is 5.82 Å². The molecule has 1 aromatic rings. The summed E-state index contributed by atoms with van der Waals surface area (Å²) in [7, 11) is 1.31. The average Bonchev–Trinajstić information content (AvgIpc) is 2.20. The molecule has 0 atom stereocenters. The topological polar surface area (TPSA) is 69.2 Å². The molecule has 0 aliphatic carbocycles. The van der Waals surface area contributed by atoms with Crippen molar-refractivity contribution in [2.45, 2.75) is 0 Å². The van der Waals surface area contributed by atoms with Crippen LogP contribution in [0.15, 0.2) is 17.1 Å². The molecular formula is C9H6FN3O. The Bertz CT molecular complexity index is 444. The van der Waals surface area contributed by atoms with Crippen LogP contribution in [0.4, 0.5) is 10.1 Å². The van der Waals surface area contributed by atoms with Crippen molar-refractivity contribution in [3.63, 3.8) is 0 Å². The van der Waals surface area contributed by atoms with Crippen LogP contribution in [0, 0.1) is 22.6 Å². The highest BCUT2D eigenvalue weighted by Gasteiger charge is 2.09. The van der Waals surface area contributed by atoms with Crippen LogP contribution in [0.25, 0.3) is 0 Å². The molecule has 4 nitrogen and oxygen atoms in total. The summed E-state index contributed by atoms with van der Waals surface area (Å²) < 4.78 is 17.8. The van der Waals surface area contributed by atoms with Gasteiger partial charge in [-0.25, -0.2) is 9.80 Å². The zero-order chi connectivity index (χ0) is 10.6. The standard InChI is InChI=1S/C9H6FN3O/c1-14-9-3-8(13-5-12)6(4-11)2-7(9)10/h2-3,12H,1H3. The maximum absolute atomic E-state index is 13.1. The number of benzene rings is 1. The molecule has 0 spiro atoms. The van der Waals surface area contributed by atoms with E-state index in [4.69, 9.17) is 15.4 Å². The molecule has 0 saturated carbocycles. The van der Waals surface area contributed by atoms with Gasteiger partial charge in [-0.3, -0.25) is 0 Å². The highest BCUT2D eigenvalue weighted by molar-refractivity contribution is 5.61. The van der Waals surface area contributed by atoms with Gasteiger partial charge in [0.2, 0.25) is 0 Å². The Morgan fingerprint density at radius 3 is 2.79 bits per heavy atom. The van der Waals surface area contributed by atoms with Crippen molar-refractivity contribution in [1.29, 1.82) is 10.7 Å². The van der Waals surface area contributed by atoms with Crippen molar-refractivity contribution in [2.75, 3.05) is 7.11 Å². The first-order chi connectivity index (χ1) is 6.72. The number of hydrogen-bond acceptors (Lipinski definition) is 4. The fourth-order valence-electron chi connectivity index (χ4n) is 0.941. The van der Waals surface area contributed by atoms with Gasteiger partial charge < -0.3 is 4.74 Å². The van der Waals surface area contributed by atoms with Gasteiger partial charge >= 0.3 is 0 Å². The summed E-state index contributed by atoms with van der Waals surface area (Å²) in [6.45, 7) is 0. The fourth-order valence-corrected chi connectivity index (χ4v) is 0.941. The van der Waals surface area contributed by atoms with Crippen molar-refractivity contribution >= 4 is 11.7 Å². The third-order valence-electron chi connectivity index (χ3n) is 1.57. The average molecular weight is 191 g/mol. The quantitative estimate of drug-likeness (QED) is 0.727. The van der Waals surface area contributed by atoms with Crippen LogP contribution in [-0.4, -0.2) is 13.1 Å². The third kappa shape index (κ3) is 1.76. The largest absolute Gasteiger partial charge is 0.494 e. The highest BCUT2D eigenvalue weighted by atomic mass is 19.1. The van der Waals surface area contributed by atoms with Crippen molar-refractivity contribution in [3.05, 3.63) is 23.5 Å². The van der Waals surface area contributed by atoms with Gasteiger partial charge in [0.1, 0.15) is 6.07 Å². The van der Waals surface area contributed by atoms with E-state index in [1.165, 1.54) is 13.2 Å². The molecule has 0 aliphatic rings. The second-order valence-electron chi connectivity index (χ2n) is 2.34. The SMILES string of the molecule is COc1cc(N=C=N)c(C#N)cc1F. The monoisotopic (exact) mass is 191 g/mol. The van der Waals surface area contributed by atoms with Gasteiger partial charge in [0.15, 0.2) is 11.6 Å². The van der Waals surface area contributed by atoms with E-state index in [0.717, 1.165) is 6.07 Å². The molecule has 0 aliphatic heterocycles. The van der Waals surface area contributed by atoms with E-state index in [0.29, 0.717) is 0 Å². The van der Waals surface area contributed by atoms with E-state index in [2.05, 4.69) is 4.99 Å². The van der Waals surface area contributed by atoms with E-state index in [9.17, 15) is 4.39 Å². The normalized spacial score (nSPS) is 8.64. The first kappa shape index (κ1) is 9.90. The number of aliphatic imine (C=N–C) groups is 1. The van der Waals surface area contributed by atoms with Gasteiger partial charge in [0.05, 0.1) is 24.4 Å². The number of ether oxygens (including phenoxy) is 1. The Morgan fingerprint density at radius 2 is 2.29 bits per heavy atom. The highest BCUT2D eigenvalue weighted by Crippen LogP contribution is 2.27. The second-order valence-corrected chi connectivity index (χ2v) is 2.34. The molecule has 70 valence electrons. The van der Waals surface area contributed by atoms with Crippen LogP contribution in [0.1, 0.15) is 5.56 Å². The number of nitrogens with zero attached hydrogens (tertiary/aromatic N) is 2. The summed E-state index contributed by atoms with van der Waals surface area (Å²) in [6.07, 6.45) is 0. The minimum Gasteiger partial charge on any atom is -0.494 e. The first-order valence-electron chi connectivity index (χ1n) is 3.63. The number of nitrogens with one attached hydrogen (secondary N) is 1. The minimum atomic E-state index is -0.631. The van der Waals surface area contributed by atoms with Crippen molar-refractivity contribution in [2.24, 2.45) is 4.99 Å². The number of rotatable bonds is 2. The lowest BCUT2D eigenvalue weighted by Gasteiger charge is -2.03. The maximum atomic E-state index is 13.1. The van der Waals surface area contributed by atoms with Crippen LogP contribution >= 0.6 is 0 Å². The first-order valence-corrected chi connectivity index (χ1v) is 3.63. The summed E-state index contributed by atoms with van der Waals surface area (Å²) in [6, 6.07) is 5.79. The molecule has 0 fully saturated rings. The molecule has 0 heterocycles. The van der Waals surface area contributed by atoms with Crippen LogP contribution < -0.4 is 4.74 Å². The number of methoxy groups -OCH3 is 1. The van der Waals surface area contributed by atoms with Gasteiger partial charge in [-0.05, 0) is 6.07 Å². The van der Waals surface area contributed by atoms with Gasteiger partial charge in [-0.15, -0.1) is 0 Å². The van der Waals surface area contributed by atoms with Gasteiger partial charge in [-0.2, -0.15) is 10.3 Å². The maximum Gasteiger partial charge on any atom is 0.166 e. The van der Waals surface area contributed by atoms with E-state index >= 15 is 0 Å². The van der Waals surface area contributed by atoms with Crippen molar-refractivity contribution in [1.82, 2.24) is 0 Å². The molecular weight excluding hydrogens is 185 g/mol. The Morgan fingerprint density at radius 1 is 1.57 bits per heavy atom. The van der Waals surface area contributed by atoms with Crippen molar-refractivity contribution in [3.8, 4) is 11.8 Å². The van der Waals surface area contributed by atoms with Crippen LogP contribution in [-0.2, 0) is 0 Å². The molecule has 0 amide bonds. The summed E-state index contributed by atoms with van der Waals surface area (Å²) in [5, 5.41) is 15.3. The Balaban J connectivity index is 3.41. The van der Waals surface area contributed by atoms with Crippen molar-refractivity contribution < 1.29 is 9.13 Å². The molecule has 0 bridgehead atoms. The van der Waals surface area contributed by atoms with Gasteiger partial charge in [0.25, 0.3) is 0 Å². The lowest BCUT2D eigenvalue weighted by atomic mass is 10.2. The van der Waals surface area contributed by atoms with Crippen LogP contribution in [0.3, 0.4) is 0 Å². The zero-order valence-corrected chi connectivity index (χ0v) is 7.34. The lowest BCUT2D eigenvalue weighted by Crippen LogP contribution is -1.89.